The van der Waals surface area contributed by atoms with Crippen molar-refractivity contribution < 1.29 is 9.47 Å². The van der Waals surface area contributed by atoms with Crippen molar-refractivity contribution in [2.75, 3.05) is 31.2 Å². The van der Waals surface area contributed by atoms with Gasteiger partial charge in [-0.25, -0.2) is 4.98 Å². The Morgan fingerprint density at radius 3 is 3.12 bits per heavy atom. The van der Waals surface area contributed by atoms with E-state index in [1.165, 1.54) is 0 Å². The van der Waals surface area contributed by atoms with Crippen LogP contribution >= 0.6 is 0 Å². The highest BCUT2D eigenvalue weighted by molar-refractivity contribution is 5.38. The fourth-order valence-corrected chi connectivity index (χ4v) is 3.47. The van der Waals surface area contributed by atoms with Gasteiger partial charge in [-0.15, -0.1) is 0 Å². The monoisotopic (exact) mass is 322 g/mol. The van der Waals surface area contributed by atoms with E-state index in [2.05, 4.69) is 20.9 Å². The lowest BCUT2D eigenvalue weighted by Gasteiger charge is -2.20. The zero-order valence-corrected chi connectivity index (χ0v) is 13.2. The first-order valence-corrected chi connectivity index (χ1v) is 8.09. The summed E-state index contributed by atoms with van der Waals surface area (Å²) in [6.07, 6.45) is 5.42. The first-order chi connectivity index (χ1) is 11.8. The number of rotatable bonds is 4. The van der Waals surface area contributed by atoms with Gasteiger partial charge in [-0.3, -0.25) is 4.98 Å². The fraction of sp³-hybridized carbons (Fsp3) is 0.389. The van der Waals surface area contributed by atoms with Gasteiger partial charge in [0.2, 0.25) is 0 Å². The Morgan fingerprint density at radius 1 is 1.33 bits per heavy atom. The minimum absolute atomic E-state index is 0.228. The van der Waals surface area contributed by atoms with E-state index in [-0.39, 0.29) is 6.10 Å². The summed E-state index contributed by atoms with van der Waals surface area (Å²) in [5.74, 6) is 2.42. The first-order valence-electron chi connectivity index (χ1n) is 8.09. The van der Waals surface area contributed by atoms with E-state index in [1.54, 1.807) is 30.7 Å². The van der Waals surface area contributed by atoms with Gasteiger partial charge in [0.05, 0.1) is 37.1 Å². The molecule has 0 bridgehead atoms. The fourth-order valence-electron chi connectivity index (χ4n) is 3.47. The van der Waals surface area contributed by atoms with Gasteiger partial charge < -0.3 is 14.4 Å². The highest BCUT2D eigenvalue weighted by Gasteiger charge is 2.44. The van der Waals surface area contributed by atoms with Gasteiger partial charge in [-0.2, -0.15) is 5.26 Å². The molecule has 2 fully saturated rings. The molecule has 1 aromatic heterocycles. The highest BCUT2D eigenvalue weighted by atomic mass is 16.5. The normalized spacial score (nSPS) is 25.3. The van der Waals surface area contributed by atoms with Gasteiger partial charge >= 0.3 is 0 Å². The zero-order chi connectivity index (χ0) is 16.4. The molecule has 2 aliphatic rings. The predicted octanol–water partition coefficient (Wildman–Crippen LogP) is 1.88. The number of hydrogen-bond donors (Lipinski definition) is 0. The van der Waals surface area contributed by atoms with Crippen molar-refractivity contribution in [3.63, 3.8) is 0 Å². The van der Waals surface area contributed by atoms with Crippen molar-refractivity contribution in [3.05, 3.63) is 48.4 Å². The lowest BCUT2D eigenvalue weighted by Crippen LogP contribution is -2.27. The zero-order valence-electron chi connectivity index (χ0n) is 13.2. The number of hydrogen-bond acceptors (Lipinski definition) is 6. The Hall–Kier alpha value is -2.65. The number of benzene rings is 1. The molecule has 3 atom stereocenters. The maximum absolute atomic E-state index is 8.96. The van der Waals surface area contributed by atoms with Crippen molar-refractivity contribution in [1.29, 1.82) is 5.26 Å². The predicted molar refractivity (Wildman–Crippen MR) is 87.6 cm³/mol. The lowest BCUT2D eigenvalue weighted by molar-refractivity contribution is 0.108. The molecule has 0 N–H and O–H groups in total. The lowest BCUT2D eigenvalue weighted by atomic mass is 9.94. The smallest absolute Gasteiger partial charge is 0.147 e. The van der Waals surface area contributed by atoms with Crippen molar-refractivity contribution in [2.45, 2.75) is 6.10 Å². The summed E-state index contributed by atoms with van der Waals surface area (Å²) in [7, 11) is 0. The molecule has 6 nitrogen and oxygen atoms in total. The average Bonchev–Trinajstić information content (AvgIpc) is 3.22. The van der Waals surface area contributed by atoms with E-state index in [9.17, 15) is 0 Å². The summed E-state index contributed by atoms with van der Waals surface area (Å²) in [5.41, 5.74) is 0.614. The number of nitrogens with zero attached hydrogens (tertiary/aromatic N) is 4. The van der Waals surface area contributed by atoms with Crippen LogP contribution in [0.2, 0.25) is 0 Å². The molecule has 0 radical (unpaired) electrons. The topological polar surface area (TPSA) is 71.3 Å². The number of nitriles is 1. The van der Waals surface area contributed by atoms with Crippen molar-refractivity contribution in [2.24, 2.45) is 11.8 Å². The maximum Gasteiger partial charge on any atom is 0.147 e. The third-order valence-electron chi connectivity index (χ3n) is 4.74. The summed E-state index contributed by atoms with van der Waals surface area (Å²) in [4.78, 5) is 10.7. The molecule has 0 aliphatic carbocycles. The number of fused-ring (bicyclic) bond motifs is 1. The van der Waals surface area contributed by atoms with Crippen LogP contribution in [0.3, 0.4) is 0 Å². The van der Waals surface area contributed by atoms with Crippen LogP contribution in [0.25, 0.3) is 0 Å². The second-order valence-corrected chi connectivity index (χ2v) is 6.21. The third kappa shape index (κ3) is 2.91. The van der Waals surface area contributed by atoms with Crippen LogP contribution in [0.15, 0.2) is 42.9 Å². The number of ether oxygens (including phenoxy) is 2. The summed E-state index contributed by atoms with van der Waals surface area (Å²) < 4.78 is 11.9. The quantitative estimate of drug-likeness (QED) is 0.856. The first kappa shape index (κ1) is 14.9. The Kier molecular flexibility index (Phi) is 4.01. The van der Waals surface area contributed by atoms with E-state index in [1.807, 2.05) is 12.1 Å². The molecule has 2 saturated heterocycles. The second kappa shape index (κ2) is 6.46. The minimum atomic E-state index is 0.228. The SMILES string of the molecule is N#Cc1cccc(OC[C@@H]2CO[C@@H]3CN(c4cnccn4)C[C@@H]23)c1. The van der Waals surface area contributed by atoms with E-state index in [0.717, 1.165) is 31.3 Å². The molecule has 1 aromatic carbocycles. The van der Waals surface area contributed by atoms with E-state index in [4.69, 9.17) is 14.7 Å². The molecule has 0 amide bonds. The van der Waals surface area contributed by atoms with Gasteiger partial charge in [0.15, 0.2) is 0 Å². The van der Waals surface area contributed by atoms with Crippen molar-refractivity contribution in [1.82, 2.24) is 9.97 Å². The average molecular weight is 322 g/mol. The molecule has 0 unspecified atom stereocenters. The molecule has 0 saturated carbocycles. The van der Waals surface area contributed by atoms with Crippen LogP contribution < -0.4 is 9.64 Å². The van der Waals surface area contributed by atoms with Gasteiger partial charge in [0.25, 0.3) is 0 Å². The van der Waals surface area contributed by atoms with Crippen molar-refractivity contribution in [3.8, 4) is 11.8 Å². The third-order valence-corrected chi connectivity index (χ3v) is 4.74. The minimum Gasteiger partial charge on any atom is -0.493 e. The van der Waals surface area contributed by atoms with E-state index < -0.39 is 0 Å². The molecule has 0 spiro atoms. The van der Waals surface area contributed by atoms with Crippen LogP contribution in [0.4, 0.5) is 5.82 Å². The summed E-state index contributed by atoms with van der Waals surface area (Å²) in [5, 5.41) is 8.96. The summed E-state index contributed by atoms with van der Waals surface area (Å²) in [6.45, 7) is 3.09. The number of anilines is 1. The van der Waals surface area contributed by atoms with Crippen molar-refractivity contribution >= 4 is 5.82 Å². The molecular formula is C18H18N4O2. The molecule has 2 aromatic rings. The summed E-state index contributed by atoms with van der Waals surface area (Å²) in [6, 6.07) is 9.40. The Bertz CT molecular complexity index is 746. The van der Waals surface area contributed by atoms with Crippen LogP contribution in [-0.2, 0) is 4.74 Å². The molecule has 4 rings (SSSR count). The highest BCUT2D eigenvalue weighted by Crippen LogP contribution is 2.35. The largest absolute Gasteiger partial charge is 0.493 e. The second-order valence-electron chi connectivity index (χ2n) is 6.21. The number of aromatic nitrogens is 2. The molecule has 24 heavy (non-hydrogen) atoms. The van der Waals surface area contributed by atoms with Gasteiger partial charge in [-0.05, 0) is 18.2 Å². The van der Waals surface area contributed by atoms with Gasteiger partial charge in [0, 0.05) is 37.3 Å². The molecule has 6 heteroatoms. The molecule has 122 valence electrons. The standard InChI is InChI=1S/C18H18N4O2/c19-7-13-2-1-3-15(6-13)23-11-14-12-24-17-10-22(9-16(14)17)18-8-20-4-5-21-18/h1-6,8,14,16-17H,9-12H2/t14-,16+,17-/m1/s1. The van der Waals surface area contributed by atoms with Gasteiger partial charge in [0.1, 0.15) is 11.6 Å². The van der Waals surface area contributed by atoms with Gasteiger partial charge in [-0.1, -0.05) is 6.07 Å². The van der Waals surface area contributed by atoms with Crippen LogP contribution in [-0.4, -0.2) is 42.4 Å². The Labute approximate surface area is 140 Å². The maximum atomic E-state index is 8.96. The van der Waals surface area contributed by atoms with Crippen LogP contribution in [0, 0.1) is 23.2 Å². The van der Waals surface area contributed by atoms with E-state index >= 15 is 0 Å². The molecule has 3 heterocycles. The molecule has 2 aliphatic heterocycles. The van der Waals surface area contributed by atoms with Crippen LogP contribution in [0.5, 0.6) is 5.75 Å². The summed E-state index contributed by atoms with van der Waals surface area (Å²) >= 11 is 0. The Balaban J connectivity index is 1.38. The molecular weight excluding hydrogens is 304 g/mol. The van der Waals surface area contributed by atoms with Crippen LogP contribution in [0.1, 0.15) is 5.56 Å². The van der Waals surface area contributed by atoms with E-state index in [0.29, 0.717) is 24.0 Å². The Morgan fingerprint density at radius 2 is 2.29 bits per heavy atom.